The second-order valence-corrected chi connectivity index (χ2v) is 4.17. The van der Waals surface area contributed by atoms with Gasteiger partial charge in [0.1, 0.15) is 0 Å². The number of amides is 1. The van der Waals surface area contributed by atoms with E-state index in [-0.39, 0.29) is 11.6 Å². The number of hydrogen-bond donors (Lipinski definition) is 0. The minimum absolute atomic E-state index is 0.0101. The van der Waals surface area contributed by atoms with Gasteiger partial charge in [-0.3, -0.25) is 14.9 Å². The Morgan fingerprint density at radius 1 is 1.53 bits per heavy atom. The summed E-state index contributed by atoms with van der Waals surface area (Å²) >= 11 is 1.41. The zero-order valence-electron chi connectivity index (χ0n) is 7.97. The van der Waals surface area contributed by atoms with Crippen LogP contribution in [0, 0.1) is 10.1 Å². The lowest BCUT2D eigenvalue weighted by molar-refractivity contribution is -0.384. The van der Waals surface area contributed by atoms with Gasteiger partial charge in [-0.05, 0) is 6.07 Å². The van der Waals surface area contributed by atoms with Gasteiger partial charge >= 0.3 is 0 Å². The molecule has 0 N–H and O–H groups in total. The molecule has 0 saturated heterocycles. The first-order valence-electron chi connectivity index (χ1n) is 4.27. The quantitative estimate of drug-likeness (QED) is 0.537. The van der Waals surface area contributed by atoms with E-state index in [1.54, 1.807) is 13.1 Å². The van der Waals surface area contributed by atoms with Gasteiger partial charge in [-0.2, -0.15) is 0 Å². The Bertz CT molecular complexity index is 447. The molecule has 5 nitrogen and oxygen atoms in total. The Labute approximate surface area is 90.2 Å². The number of nitrogens with zero attached hydrogens (tertiary/aromatic N) is 2. The molecular weight excluding hydrogens is 216 g/mol. The van der Waals surface area contributed by atoms with Gasteiger partial charge in [0, 0.05) is 24.1 Å². The van der Waals surface area contributed by atoms with Gasteiger partial charge < -0.3 is 4.90 Å². The molecule has 0 fully saturated rings. The Morgan fingerprint density at radius 3 is 2.93 bits per heavy atom. The van der Waals surface area contributed by atoms with Gasteiger partial charge in [-0.25, -0.2) is 0 Å². The highest BCUT2D eigenvalue weighted by atomic mass is 32.2. The summed E-state index contributed by atoms with van der Waals surface area (Å²) in [5.74, 6) is 0.356. The van der Waals surface area contributed by atoms with Crippen molar-refractivity contribution in [3.8, 4) is 0 Å². The topological polar surface area (TPSA) is 63.5 Å². The summed E-state index contributed by atoms with van der Waals surface area (Å²) in [6.45, 7) is 0. The summed E-state index contributed by atoms with van der Waals surface area (Å²) in [5, 5.41) is 10.6. The Kier molecular flexibility index (Phi) is 2.36. The van der Waals surface area contributed by atoms with Gasteiger partial charge in [0.25, 0.3) is 5.69 Å². The fraction of sp³-hybridized carbons (Fsp3) is 0.222. The van der Waals surface area contributed by atoms with Crippen molar-refractivity contribution in [2.45, 2.75) is 4.90 Å². The van der Waals surface area contributed by atoms with Gasteiger partial charge in [0.05, 0.1) is 16.4 Å². The maximum absolute atomic E-state index is 11.4. The normalized spacial score (nSPS) is 15.0. The SMILES string of the molecule is CN1C(=O)CSc2ccc([N+](=O)[O-])cc21. The van der Waals surface area contributed by atoms with Crippen LogP contribution in [0.25, 0.3) is 0 Å². The number of nitro benzene ring substituents is 1. The summed E-state index contributed by atoms with van der Waals surface area (Å²) in [6, 6.07) is 4.57. The zero-order chi connectivity index (χ0) is 11.0. The molecule has 0 radical (unpaired) electrons. The summed E-state index contributed by atoms with van der Waals surface area (Å²) in [7, 11) is 1.63. The first-order chi connectivity index (χ1) is 7.09. The number of carbonyl (C=O) groups excluding carboxylic acids is 1. The number of benzene rings is 1. The third kappa shape index (κ3) is 1.68. The first-order valence-corrected chi connectivity index (χ1v) is 5.26. The molecule has 0 unspecified atom stereocenters. The lowest BCUT2D eigenvalue weighted by Gasteiger charge is -2.24. The van der Waals surface area contributed by atoms with Gasteiger partial charge in [-0.15, -0.1) is 11.8 Å². The molecule has 1 aliphatic heterocycles. The number of anilines is 1. The number of nitro groups is 1. The van der Waals surface area contributed by atoms with E-state index in [0.29, 0.717) is 11.4 Å². The third-order valence-electron chi connectivity index (χ3n) is 2.24. The summed E-state index contributed by atoms with van der Waals surface area (Å²) < 4.78 is 0. The second-order valence-electron chi connectivity index (χ2n) is 3.15. The van der Waals surface area contributed by atoms with Crippen molar-refractivity contribution in [1.29, 1.82) is 0 Å². The van der Waals surface area contributed by atoms with Crippen LogP contribution in [-0.4, -0.2) is 23.6 Å². The second kappa shape index (κ2) is 3.54. The summed E-state index contributed by atoms with van der Waals surface area (Å²) in [6.07, 6.45) is 0. The number of rotatable bonds is 1. The van der Waals surface area contributed by atoms with Crippen LogP contribution in [0.1, 0.15) is 0 Å². The Hall–Kier alpha value is -1.56. The standard InChI is InChI=1S/C9H8N2O3S/c1-10-7-4-6(11(13)14)2-3-8(7)15-5-9(10)12/h2-4H,5H2,1H3. The molecule has 1 heterocycles. The summed E-state index contributed by atoms with van der Waals surface area (Å²) in [4.78, 5) is 23.8. The molecule has 1 aromatic rings. The van der Waals surface area contributed by atoms with Crippen LogP contribution in [0.4, 0.5) is 11.4 Å². The van der Waals surface area contributed by atoms with E-state index in [0.717, 1.165) is 4.90 Å². The fourth-order valence-electron chi connectivity index (χ4n) is 1.37. The van der Waals surface area contributed by atoms with Crippen molar-refractivity contribution in [3.05, 3.63) is 28.3 Å². The molecule has 0 spiro atoms. The zero-order valence-corrected chi connectivity index (χ0v) is 8.78. The van der Waals surface area contributed by atoms with E-state index >= 15 is 0 Å². The number of fused-ring (bicyclic) bond motifs is 1. The maximum Gasteiger partial charge on any atom is 0.271 e. The minimum Gasteiger partial charge on any atom is -0.313 e. The molecule has 15 heavy (non-hydrogen) atoms. The van der Waals surface area contributed by atoms with Gasteiger partial charge in [-0.1, -0.05) is 0 Å². The van der Waals surface area contributed by atoms with Crippen molar-refractivity contribution in [1.82, 2.24) is 0 Å². The van der Waals surface area contributed by atoms with E-state index in [9.17, 15) is 14.9 Å². The molecule has 0 saturated carbocycles. The molecule has 0 atom stereocenters. The van der Waals surface area contributed by atoms with E-state index in [2.05, 4.69) is 0 Å². The predicted molar refractivity (Wildman–Crippen MR) is 57.2 cm³/mol. The minimum atomic E-state index is -0.460. The van der Waals surface area contributed by atoms with Gasteiger partial charge in [0.15, 0.2) is 0 Å². The average molecular weight is 224 g/mol. The molecule has 6 heteroatoms. The molecule has 2 rings (SSSR count). The third-order valence-corrected chi connectivity index (χ3v) is 3.29. The molecule has 1 aliphatic rings. The van der Waals surface area contributed by atoms with Crippen molar-refractivity contribution >= 4 is 29.0 Å². The highest BCUT2D eigenvalue weighted by Crippen LogP contribution is 2.36. The molecule has 1 aromatic carbocycles. The fourth-order valence-corrected chi connectivity index (χ4v) is 2.35. The number of hydrogen-bond acceptors (Lipinski definition) is 4. The van der Waals surface area contributed by atoms with E-state index < -0.39 is 4.92 Å². The van der Waals surface area contributed by atoms with Crippen LogP contribution < -0.4 is 4.90 Å². The number of non-ortho nitro benzene ring substituents is 1. The number of thioether (sulfide) groups is 1. The van der Waals surface area contributed by atoms with Crippen LogP contribution in [0.15, 0.2) is 23.1 Å². The molecule has 0 aliphatic carbocycles. The van der Waals surface area contributed by atoms with Crippen molar-refractivity contribution in [2.75, 3.05) is 17.7 Å². The molecular formula is C9H8N2O3S. The van der Waals surface area contributed by atoms with Gasteiger partial charge in [0.2, 0.25) is 5.91 Å². The first kappa shape index (κ1) is 9.97. The molecule has 0 aromatic heterocycles. The van der Waals surface area contributed by atoms with Crippen LogP contribution in [0.2, 0.25) is 0 Å². The van der Waals surface area contributed by atoms with Crippen molar-refractivity contribution < 1.29 is 9.72 Å². The highest BCUT2D eigenvalue weighted by Gasteiger charge is 2.23. The van der Waals surface area contributed by atoms with Crippen LogP contribution in [0.3, 0.4) is 0 Å². The Balaban J connectivity index is 2.50. The lowest BCUT2D eigenvalue weighted by Crippen LogP contribution is -2.31. The molecule has 1 amide bonds. The monoisotopic (exact) mass is 224 g/mol. The highest BCUT2D eigenvalue weighted by molar-refractivity contribution is 8.00. The van der Waals surface area contributed by atoms with Crippen molar-refractivity contribution in [3.63, 3.8) is 0 Å². The Morgan fingerprint density at radius 2 is 2.27 bits per heavy atom. The van der Waals surface area contributed by atoms with E-state index in [4.69, 9.17) is 0 Å². The van der Waals surface area contributed by atoms with Crippen LogP contribution in [0.5, 0.6) is 0 Å². The van der Waals surface area contributed by atoms with E-state index in [1.165, 1.54) is 28.8 Å². The smallest absolute Gasteiger partial charge is 0.271 e. The van der Waals surface area contributed by atoms with Crippen LogP contribution in [-0.2, 0) is 4.79 Å². The lowest BCUT2D eigenvalue weighted by atomic mass is 10.2. The van der Waals surface area contributed by atoms with E-state index in [1.807, 2.05) is 0 Å². The number of carbonyl (C=O) groups is 1. The summed E-state index contributed by atoms with van der Waals surface area (Å²) in [5.41, 5.74) is 0.626. The molecule has 78 valence electrons. The van der Waals surface area contributed by atoms with Crippen LogP contribution >= 0.6 is 11.8 Å². The predicted octanol–water partition coefficient (Wildman–Crippen LogP) is 1.66. The molecule has 0 bridgehead atoms. The van der Waals surface area contributed by atoms with Crippen molar-refractivity contribution in [2.24, 2.45) is 0 Å². The largest absolute Gasteiger partial charge is 0.313 e. The average Bonchev–Trinajstić information content (AvgIpc) is 2.23. The maximum atomic E-state index is 11.4.